The normalized spacial score (nSPS) is 15.5. The Morgan fingerprint density at radius 3 is 2.36 bits per heavy atom. The van der Waals surface area contributed by atoms with E-state index in [1.807, 2.05) is 36.4 Å². The third kappa shape index (κ3) is 4.80. The molecule has 168 valence electrons. The van der Waals surface area contributed by atoms with Crippen molar-refractivity contribution in [1.29, 1.82) is 0 Å². The number of fused-ring (bicyclic) bond motifs is 1. The second-order valence-corrected chi connectivity index (χ2v) is 8.88. The molecule has 1 aliphatic rings. The van der Waals surface area contributed by atoms with Gasteiger partial charge in [0.1, 0.15) is 5.82 Å². The summed E-state index contributed by atoms with van der Waals surface area (Å²) in [5, 5.41) is 5.23. The van der Waals surface area contributed by atoms with E-state index in [9.17, 15) is 4.39 Å². The van der Waals surface area contributed by atoms with Crippen LogP contribution in [0.3, 0.4) is 0 Å². The Labute approximate surface area is 198 Å². The molecule has 4 aromatic rings. The monoisotopic (exact) mass is 460 g/mol. The van der Waals surface area contributed by atoms with Gasteiger partial charge in [0.2, 0.25) is 0 Å². The molecule has 1 fully saturated rings. The van der Waals surface area contributed by atoms with E-state index in [1.165, 1.54) is 17.7 Å². The van der Waals surface area contributed by atoms with Crippen molar-refractivity contribution < 1.29 is 4.39 Å². The van der Waals surface area contributed by atoms with E-state index in [0.717, 1.165) is 54.1 Å². The molecule has 4 nitrogen and oxygen atoms in total. The molecule has 2 heterocycles. The quantitative estimate of drug-likeness (QED) is 0.361. The predicted octanol–water partition coefficient (Wildman–Crippen LogP) is 6.65. The van der Waals surface area contributed by atoms with E-state index in [4.69, 9.17) is 11.6 Å². The number of rotatable bonds is 5. The van der Waals surface area contributed by atoms with Gasteiger partial charge in [-0.25, -0.2) is 4.39 Å². The summed E-state index contributed by atoms with van der Waals surface area (Å²) in [6.45, 7) is 6.09. The number of aromatic nitrogens is 1. The number of anilines is 3. The molecule has 1 saturated heterocycles. The maximum absolute atomic E-state index is 13.2. The van der Waals surface area contributed by atoms with Crippen LogP contribution in [0.1, 0.15) is 18.5 Å². The second-order valence-electron chi connectivity index (χ2n) is 8.44. The van der Waals surface area contributed by atoms with Crippen LogP contribution in [0.2, 0.25) is 5.02 Å². The van der Waals surface area contributed by atoms with Gasteiger partial charge in [-0.05, 0) is 73.2 Å². The molecule has 0 bridgehead atoms. The minimum Gasteiger partial charge on any atom is -0.369 e. The second kappa shape index (κ2) is 9.38. The Morgan fingerprint density at radius 2 is 1.64 bits per heavy atom. The first-order chi connectivity index (χ1) is 16.1. The molecule has 0 saturated carbocycles. The molecular formula is C27H26ClFN4. The lowest BCUT2D eigenvalue weighted by atomic mass is 10.1. The first kappa shape index (κ1) is 21.7. The molecule has 0 aliphatic carbocycles. The highest BCUT2D eigenvalue weighted by Crippen LogP contribution is 2.29. The molecule has 0 spiro atoms. The number of benzene rings is 3. The lowest BCUT2D eigenvalue weighted by Crippen LogP contribution is -2.47. The van der Waals surface area contributed by atoms with E-state index in [2.05, 4.69) is 51.3 Å². The van der Waals surface area contributed by atoms with Crippen molar-refractivity contribution in [2.24, 2.45) is 0 Å². The molecule has 0 amide bonds. The van der Waals surface area contributed by atoms with Gasteiger partial charge in [-0.15, -0.1) is 0 Å². The molecule has 1 unspecified atom stereocenters. The Hall–Kier alpha value is -3.15. The third-order valence-electron chi connectivity index (χ3n) is 6.43. The van der Waals surface area contributed by atoms with Gasteiger partial charge in [-0.2, -0.15) is 0 Å². The topological polar surface area (TPSA) is 31.4 Å². The lowest BCUT2D eigenvalue weighted by molar-refractivity contribution is 0.198. The molecule has 33 heavy (non-hydrogen) atoms. The van der Waals surface area contributed by atoms with Gasteiger partial charge < -0.3 is 10.2 Å². The Kier molecular flexibility index (Phi) is 6.16. The number of hydrogen-bond donors (Lipinski definition) is 1. The van der Waals surface area contributed by atoms with Gasteiger partial charge in [0.25, 0.3) is 0 Å². The minimum absolute atomic E-state index is 0.189. The fourth-order valence-corrected chi connectivity index (χ4v) is 4.63. The highest BCUT2D eigenvalue weighted by atomic mass is 35.5. The Morgan fingerprint density at radius 1 is 0.909 bits per heavy atom. The van der Waals surface area contributed by atoms with Gasteiger partial charge in [-0.1, -0.05) is 23.7 Å². The van der Waals surface area contributed by atoms with E-state index in [1.54, 1.807) is 6.20 Å². The molecule has 1 aliphatic heterocycles. The third-order valence-corrected chi connectivity index (χ3v) is 6.67. The smallest absolute Gasteiger partial charge is 0.123 e. The highest BCUT2D eigenvalue weighted by Gasteiger charge is 2.22. The van der Waals surface area contributed by atoms with Crippen LogP contribution in [-0.2, 0) is 0 Å². The van der Waals surface area contributed by atoms with Crippen LogP contribution in [0.5, 0.6) is 0 Å². The van der Waals surface area contributed by atoms with E-state index in [-0.39, 0.29) is 5.82 Å². The number of nitrogens with zero attached hydrogens (tertiary/aromatic N) is 3. The van der Waals surface area contributed by atoms with Crippen molar-refractivity contribution in [2.75, 3.05) is 36.4 Å². The lowest BCUT2D eigenvalue weighted by Gasteiger charge is -2.39. The summed E-state index contributed by atoms with van der Waals surface area (Å²) in [5.74, 6) is -0.189. The first-order valence-corrected chi connectivity index (χ1v) is 11.6. The van der Waals surface area contributed by atoms with Gasteiger partial charge in [0, 0.05) is 65.9 Å². The van der Waals surface area contributed by atoms with Crippen molar-refractivity contribution >= 4 is 39.6 Å². The zero-order valence-corrected chi connectivity index (χ0v) is 19.3. The maximum Gasteiger partial charge on any atom is 0.123 e. The summed E-state index contributed by atoms with van der Waals surface area (Å²) >= 11 is 6.11. The number of hydrogen-bond acceptors (Lipinski definition) is 4. The molecule has 5 rings (SSSR count). The molecule has 1 aromatic heterocycles. The fourth-order valence-electron chi connectivity index (χ4n) is 4.46. The molecule has 6 heteroatoms. The van der Waals surface area contributed by atoms with Crippen LogP contribution in [0.25, 0.3) is 10.9 Å². The van der Waals surface area contributed by atoms with Crippen LogP contribution >= 0.6 is 11.6 Å². The Balaban J connectivity index is 1.23. The molecule has 1 atom stereocenters. The number of pyridine rings is 1. The zero-order valence-electron chi connectivity index (χ0n) is 18.5. The summed E-state index contributed by atoms with van der Waals surface area (Å²) in [5.41, 5.74) is 5.30. The number of halogens is 2. The largest absolute Gasteiger partial charge is 0.369 e. The van der Waals surface area contributed by atoms with Crippen molar-refractivity contribution in [1.82, 2.24) is 9.88 Å². The zero-order chi connectivity index (χ0) is 22.8. The Bertz CT molecular complexity index is 1240. The van der Waals surface area contributed by atoms with Crippen LogP contribution in [0, 0.1) is 5.82 Å². The SMILES string of the molecule is CC(c1ccc(Nc2ccnc3cc(Cl)ccc23)cc1)N1CCN(c2ccc(F)cc2)CC1. The highest BCUT2D eigenvalue weighted by molar-refractivity contribution is 6.31. The van der Waals surface area contributed by atoms with Gasteiger partial charge >= 0.3 is 0 Å². The fraction of sp³-hybridized carbons (Fsp3) is 0.222. The molecule has 3 aromatic carbocycles. The predicted molar refractivity (Wildman–Crippen MR) is 135 cm³/mol. The van der Waals surface area contributed by atoms with Gasteiger partial charge in [-0.3, -0.25) is 9.88 Å². The van der Waals surface area contributed by atoms with Crippen molar-refractivity contribution in [3.63, 3.8) is 0 Å². The summed E-state index contributed by atoms with van der Waals surface area (Å²) in [6, 6.07) is 23.5. The average molecular weight is 461 g/mol. The van der Waals surface area contributed by atoms with E-state index >= 15 is 0 Å². The van der Waals surface area contributed by atoms with Crippen LogP contribution in [0.4, 0.5) is 21.5 Å². The average Bonchev–Trinajstić information content (AvgIpc) is 2.85. The van der Waals surface area contributed by atoms with Crippen LogP contribution < -0.4 is 10.2 Å². The number of nitrogens with one attached hydrogen (secondary N) is 1. The summed E-state index contributed by atoms with van der Waals surface area (Å²) in [6.07, 6.45) is 1.79. The summed E-state index contributed by atoms with van der Waals surface area (Å²) < 4.78 is 13.2. The first-order valence-electron chi connectivity index (χ1n) is 11.2. The standard InChI is InChI=1S/C27H26ClFN4/c1-19(32-14-16-33(17-15-32)24-9-5-22(29)6-10-24)20-2-7-23(8-3-20)31-26-12-13-30-27-18-21(28)4-11-25(26)27/h2-13,18-19H,14-17H2,1H3,(H,30,31). The van der Waals surface area contributed by atoms with Crippen LogP contribution in [0.15, 0.2) is 79.0 Å². The van der Waals surface area contributed by atoms with Gasteiger partial charge in [0.15, 0.2) is 0 Å². The van der Waals surface area contributed by atoms with Crippen LogP contribution in [-0.4, -0.2) is 36.1 Å². The molecular weight excluding hydrogens is 435 g/mol. The number of piperazine rings is 1. The summed E-state index contributed by atoms with van der Waals surface area (Å²) in [4.78, 5) is 9.24. The maximum atomic E-state index is 13.2. The molecule has 1 N–H and O–H groups in total. The van der Waals surface area contributed by atoms with E-state index < -0.39 is 0 Å². The van der Waals surface area contributed by atoms with Crippen molar-refractivity contribution in [3.8, 4) is 0 Å². The van der Waals surface area contributed by atoms with Crippen molar-refractivity contribution in [3.05, 3.63) is 95.4 Å². The summed E-state index contributed by atoms with van der Waals surface area (Å²) in [7, 11) is 0. The van der Waals surface area contributed by atoms with Gasteiger partial charge in [0.05, 0.1) is 5.52 Å². The van der Waals surface area contributed by atoms with Crippen molar-refractivity contribution in [2.45, 2.75) is 13.0 Å². The van der Waals surface area contributed by atoms with E-state index in [0.29, 0.717) is 11.1 Å². The molecule has 0 radical (unpaired) electrons. The minimum atomic E-state index is -0.189.